The maximum Gasteiger partial charge on any atom is 0.155 e. The van der Waals surface area contributed by atoms with Crippen LogP contribution in [0.1, 0.15) is 38.5 Å². The van der Waals surface area contributed by atoms with Crippen molar-refractivity contribution in [2.24, 2.45) is 11.8 Å². The summed E-state index contributed by atoms with van der Waals surface area (Å²) in [6, 6.07) is 0.0471. The first kappa shape index (κ1) is 18.3. The van der Waals surface area contributed by atoms with Crippen molar-refractivity contribution >= 4 is 28.2 Å². The van der Waals surface area contributed by atoms with Crippen LogP contribution in [0.5, 0.6) is 0 Å². The first-order valence-corrected chi connectivity index (χ1v) is 10.5. The molecule has 6 heteroatoms. The minimum atomic E-state index is -1.51. The van der Waals surface area contributed by atoms with Crippen molar-refractivity contribution in [1.29, 1.82) is 0 Å². The molecule has 0 aromatic rings. The summed E-state index contributed by atoms with van der Waals surface area (Å²) in [5, 5.41) is 16.2. The fraction of sp³-hybridized carbons (Fsp3) is 0.722. The molecule has 0 amide bonds. The standard InChI is InChI=1S/C18H26ClNO3S/c1-20-14-7-8-15(21)18(17(22)12-5-3-2-4-6-12)16(14)13(9-10-19)11-24(18)23/h3,5,11-12,14,16-17,20,22H,2,4,6-10H2,1H3/t12-,14?,16?,17+,18+,24?/m1/s1. The number of carbonyl (C=O) groups excluding carboxylic acids is 1. The van der Waals surface area contributed by atoms with E-state index in [-0.39, 0.29) is 23.7 Å². The van der Waals surface area contributed by atoms with Gasteiger partial charge in [0.2, 0.25) is 0 Å². The molecule has 24 heavy (non-hydrogen) atoms. The maximum absolute atomic E-state index is 13.1. The van der Waals surface area contributed by atoms with Crippen molar-refractivity contribution in [2.45, 2.75) is 55.4 Å². The van der Waals surface area contributed by atoms with Crippen LogP contribution in [0, 0.1) is 11.8 Å². The zero-order valence-corrected chi connectivity index (χ0v) is 15.6. The van der Waals surface area contributed by atoms with E-state index >= 15 is 0 Å². The molecule has 1 aliphatic heterocycles. The summed E-state index contributed by atoms with van der Waals surface area (Å²) in [5.41, 5.74) is 0.967. The van der Waals surface area contributed by atoms with Crippen LogP contribution in [0.3, 0.4) is 0 Å². The van der Waals surface area contributed by atoms with Gasteiger partial charge in [0.05, 0.1) is 16.9 Å². The Balaban J connectivity index is 2.05. The van der Waals surface area contributed by atoms with Gasteiger partial charge in [-0.2, -0.15) is 0 Å². The van der Waals surface area contributed by atoms with Crippen molar-refractivity contribution in [3.63, 3.8) is 0 Å². The molecule has 1 fully saturated rings. The molecule has 0 spiro atoms. The molecule has 3 unspecified atom stereocenters. The fourth-order valence-corrected chi connectivity index (χ4v) is 6.98. The van der Waals surface area contributed by atoms with E-state index in [1.54, 1.807) is 5.41 Å². The van der Waals surface area contributed by atoms with Crippen molar-refractivity contribution in [2.75, 3.05) is 12.9 Å². The van der Waals surface area contributed by atoms with Gasteiger partial charge >= 0.3 is 0 Å². The molecule has 0 radical (unpaired) electrons. The van der Waals surface area contributed by atoms with Crippen LogP contribution >= 0.6 is 11.6 Å². The van der Waals surface area contributed by atoms with Gasteiger partial charge in [0, 0.05) is 35.6 Å². The predicted octanol–water partition coefficient (Wildman–Crippen LogP) is 2.28. The van der Waals surface area contributed by atoms with Gasteiger partial charge in [0.15, 0.2) is 5.78 Å². The highest BCUT2D eigenvalue weighted by molar-refractivity contribution is 7.90. The van der Waals surface area contributed by atoms with Crippen LogP contribution in [-0.2, 0) is 15.6 Å². The molecule has 4 nitrogen and oxygen atoms in total. The third kappa shape index (κ3) is 2.74. The Labute approximate surface area is 151 Å². The van der Waals surface area contributed by atoms with Crippen LogP contribution < -0.4 is 5.32 Å². The molecule has 0 aromatic carbocycles. The van der Waals surface area contributed by atoms with E-state index in [1.165, 1.54) is 0 Å². The van der Waals surface area contributed by atoms with Crippen LogP contribution in [0.4, 0.5) is 0 Å². The van der Waals surface area contributed by atoms with E-state index in [0.29, 0.717) is 25.1 Å². The molecule has 0 aromatic heterocycles. The van der Waals surface area contributed by atoms with Crippen LogP contribution in [-0.4, -0.2) is 44.9 Å². The predicted molar refractivity (Wildman–Crippen MR) is 97.4 cm³/mol. The lowest BCUT2D eigenvalue weighted by Gasteiger charge is -2.47. The highest BCUT2D eigenvalue weighted by Gasteiger charge is 2.63. The number of hydrogen-bond donors (Lipinski definition) is 2. The van der Waals surface area contributed by atoms with Crippen molar-refractivity contribution in [3.05, 3.63) is 23.1 Å². The number of fused-ring (bicyclic) bond motifs is 1. The van der Waals surface area contributed by atoms with E-state index in [4.69, 9.17) is 11.6 Å². The summed E-state index contributed by atoms with van der Waals surface area (Å²) in [7, 11) is 0.365. The number of rotatable bonds is 5. The van der Waals surface area contributed by atoms with Crippen LogP contribution in [0.25, 0.3) is 0 Å². The SMILES string of the molecule is CNC1CCC(=O)[C@@]2([C@@H](O)[C@@H]3C=CCCC3)C1C(CCCl)=CS2=O. The second-order valence-electron chi connectivity index (χ2n) is 7.02. The first-order valence-electron chi connectivity index (χ1n) is 8.79. The molecular formula is C18H26ClNO3S. The molecular weight excluding hydrogens is 346 g/mol. The average molecular weight is 372 g/mol. The molecule has 1 heterocycles. The lowest BCUT2D eigenvalue weighted by Crippen LogP contribution is -2.64. The Kier molecular flexibility index (Phi) is 5.65. The number of Topliss-reactive ketones (excluding diaryl/α,β-unsaturated/α-hetero) is 1. The van der Waals surface area contributed by atoms with E-state index in [1.807, 2.05) is 13.1 Å². The quantitative estimate of drug-likeness (QED) is 0.574. The maximum atomic E-state index is 13.1. The number of ketones is 1. The highest BCUT2D eigenvalue weighted by Crippen LogP contribution is 2.51. The van der Waals surface area contributed by atoms with Crippen molar-refractivity contribution in [1.82, 2.24) is 5.32 Å². The largest absolute Gasteiger partial charge is 0.390 e. The van der Waals surface area contributed by atoms with Gasteiger partial charge in [0.25, 0.3) is 0 Å². The van der Waals surface area contributed by atoms with E-state index in [2.05, 4.69) is 11.4 Å². The van der Waals surface area contributed by atoms with E-state index in [0.717, 1.165) is 24.8 Å². The Morgan fingerprint density at radius 3 is 2.92 bits per heavy atom. The summed E-state index contributed by atoms with van der Waals surface area (Å²) in [4.78, 5) is 13.0. The van der Waals surface area contributed by atoms with E-state index < -0.39 is 21.7 Å². The number of carbonyl (C=O) groups is 1. The molecule has 134 valence electrons. The number of aliphatic hydroxyl groups excluding tert-OH is 1. The van der Waals surface area contributed by atoms with Gasteiger partial charge in [-0.05, 0) is 39.2 Å². The summed E-state index contributed by atoms with van der Waals surface area (Å²) < 4.78 is 11.9. The minimum Gasteiger partial charge on any atom is -0.390 e. The summed E-state index contributed by atoms with van der Waals surface area (Å²) in [5.74, 6) is 0.0476. The third-order valence-electron chi connectivity index (χ3n) is 5.86. The van der Waals surface area contributed by atoms with Crippen LogP contribution in [0.2, 0.25) is 0 Å². The summed E-state index contributed by atoms with van der Waals surface area (Å²) in [6.45, 7) is 0. The summed E-state index contributed by atoms with van der Waals surface area (Å²) >= 11 is 5.94. The highest BCUT2D eigenvalue weighted by atomic mass is 35.5. The second kappa shape index (κ2) is 7.40. The molecule has 3 rings (SSSR count). The van der Waals surface area contributed by atoms with Gasteiger partial charge in [-0.15, -0.1) is 11.6 Å². The lowest BCUT2D eigenvalue weighted by molar-refractivity contribution is -0.129. The molecule has 2 aliphatic carbocycles. The molecule has 0 bridgehead atoms. The first-order chi connectivity index (χ1) is 11.6. The number of alkyl halides is 1. The number of hydrogen-bond acceptors (Lipinski definition) is 4. The molecule has 3 aliphatic rings. The molecule has 6 atom stereocenters. The Hall–Kier alpha value is -0.490. The monoisotopic (exact) mass is 371 g/mol. The number of nitrogens with one attached hydrogen (secondary N) is 1. The topological polar surface area (TPSA) is 66.4 Å². The number of aliphatic hydroxyl groups is 1. The zero-order valence-electron chi connectivity index (χ0n) is 14.0. The Morgan fingerprint density at radius 1 is 1.50 bits per heavy atom. The Morgan fingerprint density at radius 2 is 2.29 bits per heavy atom. The van der Waals surface area contributed by atoms with Gasteiger partial charge in [-0.3, -0.25) is 9.00 Å². The normalized spacial score (nSPS) is 40.3. The summed E-state index contributed by atoms with van der Waals surface area (Å²) in [6.07, 6.45) is 7.69. The van der Waals surface area contributed by atoms with Gasteiger partial charge in [-0.1, -0.05) is 17.7 Å². The smallest absolute Gasteiger partial charge is 0.155 e. The Bertz CT molecular complexity index is 591. The molecule has 1 saturated carbocycles. The fourth-order valence-electron chi connectivity index (χ4n) is 4.72. The van der Waals surface area contributed by atoms with Crippen molar-refractivity contribution < 1.29 is 14.1 Å². The van der Waals surface area contributed by atoms with Crippen LogP contribution in [0.15, 0.2) is 23.1 Å². The minimum absolute atomic E-state index is 0.0471. The van der Waals surface area contributed by atoms with Gasteiger partial charge < -0.3 is 10.4 Å². The third-order valence-corrected chi connectivity index (χ3v) is 7.96. The van der Waals surface area contributed by atoms with Crippen molar-refractivity contribution in [3.8, 4) is 0 Å². The number of allylic oxidation sites excluding steroid dienone is 1. The van der Waals surface area contributed by atoms with Gasteiger partial charge in [0.1, 0.15) is 4.75 Å². The molecule has 2 N–H and O–H groups in total. The average Bonchev–Trinajstić information content (AvgIpc) is 2.90. The number of halogens is 1. The van der Waals surface area contributed by atoms with E-state index in [9.17, 15) is 14.1 Å². The second-order valence-corrected chi connectivity index (χ2v) is 8.91. The lowest BCUT2D eigenvalue weighted by atomic mass is 9.65. The zero-order chi connectivity index (χ0) is 17.3. The van der Waals surface area contributed by atoms with Gasteiger partial charge in [-0.25, -0.2) is 0 Å². The molecule has 0 saturated heterocycles.